The van der Waals surface area contributed by atoms with Crippen LogP contribution in [0.25, 0.3) is 0 Å². The number of carbonyl (C=O) groups excluding carboxylic acids is 1. The molecule has 0 radical (unpaired) electrons. The molecule has 116 valence electrons. The third-order valence-corrected chi connectivity index (χ3v) is 4.07. The van der Waals surface area contributed by atoms with Crippen LogP contribution in [-0.4, -0.2) is 18.1 Å². The first-order chi connectivity index (χ1) is 10.1. The average Bonchev–Trinajstić information content (AvgIpc) is 2.94. The number of unbranched alkanes of at least 4 members (excludes halogenated alkanes) is 1. The maximum atomic E-state index is 12.2. The van der Waals surface area contributed by atoms with Crippen molar-refractivity contribution in [2.75, 3.05) is 6.61 Å². The number of nitrogens with one attached hydrogen (secondary N) is 1. The number of benzene rings is 1. The molecule has 0 bridgehead atoms. The Bertz CT molecular complexity index is 468. The molecule has 1 aromatic carbocycles. The zero-order chi connectivity index (χ0) is 15.1. The number of rotatable bonds is 7. The highest BCUT2D eigenvalue weighted by atomic mass is 16.5. The molecule has 1 aliphatic carbocycles. The fourth-order valence-corrected chi connectivity index (χ4v) is 2.67. The Labute approximate surface area is 127 Å². The predicted molar refractivity (Wildman–Crippen MR) is 84.1 cm³/mol. The van der Waals surface area contributed by atoms with Crippen molar-refractivity contribution in [3.8, 4) is 5.75 Å². The van der Waals surface area contributed by atoms with Crippen LogP contribution in [0.1, 0.15) is 51.0 Å². The highest BCUT2D eigenvalue weighted by molar-refractivity contribution is 5.86. The van der Waals surface area contributed by atoms with E-state index in [1.807, 2.05) is 24.3 Å². The molecular weight excluding hydrogens is 264 g/mol. The lowest BCUT2D eigenvalue weighted by atomic mass is 9.98. The number of hydrogen-bond acceptors (Lipinski definition) is 3. The normalized spacial score (nSPS) is 16.7. The van der Waals surface area contributed by atoms with Crippen LogP contribution in [0.4, 0.5) is 0 Å². The lowest BCUT2D eigenvalue weighted by molar-refractivity contribution is -0.126. The van der Waals surface area contributed by atoms with Gasteiger partial charge in [-0.1, -0.05) is 38.3 Å². The molecule has 3 N–H and O–H groups in total. The molecule has 0 aromatic heterocycles. The Kier molecular flexibility index (Phi) is 5.62. The van der Waals surface area contributed by atoms with Gasteiger partial charge in [-0.2, -0.15) is 0 Å². The minimum absolute atomic E-state index is 0.0303. The summed E-state index contributed by atoms with van der Waals surface area (Å²) in [6, 6.07) is 7.87. The highest BCUT2D eigenvalue weighted by Crippen LogP contribution is 2.27. The molecule has 1 fully saturated rings. The zero-order valence-electron chi connectivity index (χ0n) is 12.9. The average molecular weight is 290 g/mol. The maximum absolute atomic E-state index is 12.2. The Morgan fingerprint density at radius 2 is 2.14 bits per heavy atom. The van der Waals surface area contributed by atoms with Crippen LogP contribution in [0.2, 0.25) is 0 Å². The molecule has 1 saturated carbocycles. The zero-order valence-corrected chi connectivity index (χ0v) is 12.9. The molecule has 2 rings (SSSR count). The van der Waals surface area contributed by atoms with E-state index in [1.54, 1.807) is 0 Å². The largest absolute Gasteiger partial charge is 0.494 e. The number of nitrogens with two attached hydrogens (primary N) is 1. The van der Waals surface area contributed by atoms with E-state index in [1.165, 1.54) is 0 Å². The van der Waals surface area contributed by atoms with Crippen LogP contribution < -0.4 is 15.8 Å². The van der Waals surface area contributed by atoms with Crippen molar-refractivity contribution in [2.24, 2.45) is 5.73 Å². The molecule has 21 heavy (non-hydrogen) atoms. The van der Waals surface area contributed by atoms with Gasteiger partial charge >= 0.3 is 0 Å². The van der Waals surface area contributed by atoms with Crippen molar-refractivity contribution in [3.63, 3.8) is 0 Å². The first kappa shape index (κ1) is 15.8. The van der Waals surface area contributed by atoms with Gasteiger partial charge in [0.2, 0.25) is 5.91 Å². The van der Waals surface area contributed by atoms with Gasteiger partial charge in [-0.3, -0.25) is 4.79 Å². The van der Waals surface area contributed by atoms with E-state index < -0.39 is 5.54 Å². The van der Waals surface area contributed by atoms with Crippen molar-refractivity contribution in [2.45, 2.75) is 57.5 Å². The molecule has 0 saturated heterocycles. The summed E-state index contributed by atoms with van der Waals surface area (Å²) in [7, 11) is 0. The van der Waals surface area contributed by atoms with Crippen LogP contribution in [0.5, 0.6) is 5.75 Å². The Hall–Kier alpha value is -1.55. The van der Waals surface area contributed by atoms with E-state index in [2.05, 4.69) is 12.2 Å². The summed E-state index contributed by atoms with van der Waals surface area (Å²) >= 11 is 0. The van der Waals surface area contributed by atoms with Crippen LogP contribution in [0.3, 0.4) is 0 Å². The second-order valence-corrected chi connectivity index (χ2v) is 5.90. The van der Waals surface area contributed by atoms with Gasteiger partial charge in [-0.05, 0) is 37.0 Å². The monoisotopic (exact) mass is 290 g/mol. The molecule has 0 heterocycles. The maximum Gasteiger partial charge on any atom is 0.240 e. The molecular formula is C17H26N2O2. The molecule has 1 aromatic rings. The minimum Gasteiger partial charge on any atom is -0.494 e. The molecule has 1 aliphatic rings. The summed E-state index contributed by atoms with van der Waals surface area (Å²) in [6.45, 7) is 3.38. The van der Waals surface area contributed by atoms with E-state index in [0.717, 1.165) is 56.4 Å². The quantitative estimate of drug-likeness (QED) is 0.759. The van der Waals surface area contributed by atoms with Crippen molar-refractivity contribution in [1.82, 2.24) is 5.32 Å². The summed E-state index contributed by atoms with van der Waals surface area (Å²) < 4.78 is 5.68. The van der Waals surface area contributed by atoms with Gasteiger partial charge in [0.05, 0.1) is 12.1 Å². The van der Waals surface area contributed by atoms with Crippen LogP contribution in [0.15, 0.2) is 24.3 Å². The molecule has 4 heteroatoms. The first-order valence-electron chi connectivity index (χ1n) is 7.93. The molecule has 0 atom stereocenters. The first-order valence-corrected chi connectivity index (χ1v) is 7.93. The predicted octanol–water partition coefficient (Wildman–Crippen LogP) is 2.75. The lowest BCUT2D eigenvalue weighted by Gasteiger charge is -2.22. The summed E-state index contributed by atoms with van der Waals surface area (Å²) in [5, 5.41) is 2.96. The summed E-state index contributed by atoms with van der Waals surface area (Å²) in [5.41, 5.74) is 6.52. The third-order valence-electron chi connectivity index (χ3n) is 4.07. The van der Waals surface area contributed by atoms with Crippen molar-refractivity contribution in [1.29, 1.82) is 0 Å². The molecule has 0 aliphatic heterocycles. The second kappa shape index (κ2) is 7.46. The van der Waals surface area contributed by atoms with Crippen molar-refractivity contribution in [3.05, 3.63) is 29.8 Å². The van der Waals surface area contributed by atoms with Gasteiger partial charge in [-0.25, -0.2) is 0 Å². The van der Waals surface area contributed by atoms with E-state index in [-0.39, 0.29) is 5.91 Å². The lowest BCUT2D eigenvalue weighted by Crippen LogP contribution is -2.51. The number of carbonyl (C=O) groups is 1. The summed E-state index contributed by atoms with van der Waals surface area (Å²) in [4.78, 5) is 12.2. The smallest absolute Gasteiger partial charge is 0.240 e. The second-order valence-electron chi connectivity index (χ2n) is 5.90. The van der Waals surface area contributed by atoms with E-state index in [0.29, 0.717) is 6.54 Å². The summed E-state index contributed by atoms with van der Waals surface area (Å²) in [5.74, 6) is 0.829. The van der Waals surface area contributed by atoms with Crippen molar-refractivity contribution >= 4 is 5.91 Å². The van der Waals surface area contributed by atoms with E-state index in [4.69, 9.17) is 10.5 Å². The number of hydrogen-bond donors (Lipinski definition) is 2. The molecule has 4 nitrogen and oxygen atoms in total. The van der Waals surface area contributed by atoms with Gasteiger partial charge in [-0.15, -0.1) is 0 Å². The topological polar surface area (TPSA) is 64.3 Å². The van der Waals surface area contributed by atoms with Crippen LogP contribution in [-0.2, 0) is 11.3 Å². The molecule has 0 spiro atoms. The highest BCUT2D eigenvalue weighted by Gasteiger charge is 2.36. The van der Waals surface area contributed by atoms with Gasteiger partial charge in [0.1, 0.15) is 5.75 Å². The van der Waals surface area contributed by atoms with Gasteiger partial charge in [0, 0.05) is 6.54 Å². The molecule has 1 amide bonds. The third kappa shape index (κ3) is 4.46. The number of amides is 1. The standard InChI is InChI=1S/C17H26N2O2/c1-2-3-11-21-15-8-6-7-14(12-15)13-19-16(20)17(18)9-4-5-10-17/h6-8,12H,2-5,9-11,13,18H2,1H3,(H,19,20). The Morgan fingerprint density at radius 3 is 2.86 bits per heavy atom. The van der Waals surface area contributed by atoms with Crippen LogP contribution >= 0.6 is 0 Å². The van der Waals surface area contributed by atoms with Gasteiger partial charge in [0.15, 0.2) is 0 Å². The van der Waals surface area contributed by atoms with Gasteiger partial charge in [0.25, 0.3) is 0 Å². The summed E-state index contributed by atoms with van der Waals surface area (Å²) in [6.07, 6.45) is 5.85. The van der Waals surface area contributed by atoms with Crippen molar-refractivity contribution < 1.29 is 9.53 Å². The van der Waals surface area contributed by atoms with E-state index in [9.17, 15) is 4.79 Å². The van der Waals surface area contributed by atoms with Gasteiger partial charge < -0.3 is 15.8 Å². The minimum atomic E-state index is -0.658. The SMILES string of the molecule is CCCCOc1cccc(CNC(=O)C2(N)CCCC2)c1. The number of ether oxygens (including phenoxy) is 1. The Morgan fingerprint density at radius 1 is 1.38 bits per heavy atom. The fourth-order valence-electron chi connectivity index (χ4n) is 2.67. The van der Waals surface area contributed by atoms with Crippen LogP contribution in [0, 0.1) is 0 Å². The molecule has 0 unspecified atom stereocenters. The Balaban J connectivity index is 1.85. The fraction of sp³-hybridized carbons (Fsp3) is 0.588. The van der Waals surface area contributed by atoms with E-state index >= 15 is 0 Å².